The lowest BCUT2D eigenvalue weighted by atomic mass is 10.0. The van der Waals surface area contributed by atoms with Gasteiger partial charge in [0.15, 0.2) is 0 Å². The molecule has 1 fully saturated rings. The summed E-state index contributed by atoms with van der Waals surface area (Å²) >= 11 is 0. The molecule has 0 N–H and O–H groups in total. The average Bonchev–Trinajstić information content (AvgIpc) is 2.32. The summed E-state index contributed by atoms with van der Waals surface area (Å²) in [6.07, 6.45) is 7.54. The molecule has 94 valence electrons. The first-order valence-electron chi connectivity index (χ1n) is 7.32. The molecule has 0 aliphatic heterocycles. The van der Waals surface area contributed by atoms with Gasteiger partial charge in [-0.1, -0.05) is 80.2 Å². The van der Waals surface area contributed by atoms with Gasteiger partial charge in [0.25, 0.3) is 0 Å². The highest BCUT2D eigenvalue weighted by Gasteiger charge is 2.16. The van der Waals surface area contributed by atoms with E-state index in [1.165, 1.54) is 38.1 Å². The van der Waals surface area contributed by atoms with Crippen LogP contribution in [-0.4, -0.2) is 18.3 Å². The average molecular weight is 263 g/mol. The lowest BCUT2D eigenvalue weighted by Crippen LogP contribution is -2.26. The van der Waals surface area contributed by atoms with Crippen LogP contribution in [0.5, 0.6) is 0 Å². The Bertz CT molecular complexity index is 341. The molecule has 0 heterocycles. The maximum Gasteiger partial charge on any atom is 0.0581 e. The first-order chi connectivity index (χ1) is 8.25. The summed E-state index contributed by atoms with van der Waals surface area (Å²) in [6, 6.07) is 10.8. The number of benzene rings is 1. The van der Waals surface area contributed by atoms with Crippen molar-refractivity contribution in [1.82, 2.24) is 0 Å². The Kier molecular flexibility index (Phi) is 5.05. The van der Waals surface area contributed by atoms with Crippen molar-refractivity contribution in [2.45, 2.75) is 56.8 Å². The van der Waals surface area contributed by atoms with Gasteiger partial charge in [-0.05, 0) is 11.6 Å². The molecule has 0 saturated heterocycles. The lowest BCUT2D eigenvalue weighted by Gasteiger charge is -2.22. The second-order valence-electron chi connectivity index (χ2n) is 6.07. The van der Waals surface area contributed by atoms with Crippen molar-refractivity contribution >= 4 is 23.5 Å². The molecule has 1 aliphatic carbocycles. The van der Waals surface area contributed by atoms with E-state index in [0.29, 0.717) is 0 Å². The summed E-state index contributed by atoms with van der Waals surface area (Å²) < 4.78 is 0. The zero-order chi connectivity index (χ0) is 12.1. The molecule has 17 heavy (non-hydrogen) atoms. The van der Waals surface area contributed by atoms with Crippen molar-refractivity contribution in [2.24, 2.45) is 0 Å². The number of rotatable bonds is 4. The molecule has 1 aliphatic rings. The Labute approximate surface area is 110 Å². The van der Waals surface area contributed by atoms with Crippen molar-refractivity contribution in [3.05, 3.63) is 29.8 Å². The van der Waals surface area contributed by atoms with E-state index < -0.39 is 8.80 Å². The highest BCUT2D eigenvalue weighted by atomic mass is 28.3. The third-order valence-corrected chi connectivity index (χ3v) is 7.76. The molecule has 0 aromatic heterocycles. The van der Waals surface area contributed by atoms with Crippen LogP contribution in [0.4, 0.5) is 0 Å². The minimum atomic E-state index is -0.459. The fourth-order valence-corrected chi connectivity index (χ4v) is 7.07. The highest BCUT2D eigenvalue weighted by Crippen LogP contribution is 2.27. The molecule has 2 heteroatoms. The second kappa shape index (κ2) is 6.55. The summed E-state index contributed by atoms with van der Waals surface area (Å²) in [5.74, 6) is 0. The Morgan fingerprint density at radius 2 is 1.82 bits per heavy atom. The van der Waals surface area contributed by atoms with Crippen molar-refractivity contribution in [3.63, 3.8) is 0 Å². The topological polar surface area (TPSA) is 0 Å². The minimum Gasteiger partial charge on any atom is -0.0719 e. The first kappa shape index (κ1) is 13.1. The second-order valence-corrected chi connectivity index (χ2v) is 11.6. The van der Waals surface area contributed by atoms with Crippen LogP contribution >= 0.6 is 0 Å². The first-order valence-corrected chi connectivity index (χ1v) is 12.0. The molecular weight excluding hydrogens is 236 g/mol. The molecule has 2 rings (SSSR count). The third kappa shape index (κ3) is 4.11. The van der Waals surface area contributed by atoms with Gasteiger partial charge in [-0.25, -0.2) is 0 Å². The summed E-state index contributed by atoms with van der Waals surface area (Å²) in [7, 11) is -0.466. The molecule has 0 atom stereocenters. The van der Waals surface area contributed by atoms with Crippen LogP contribution in [0.15, 0.2) is 24.3 Å². The molecule has 0 amide bonds. The molecule has 1 saturated carbocycles. The van der Waals surface area contributed by atoms with Crippen LogP contribution in [0.3, 0.4) is 0 Å². The Hall–Kier alpha value is -0.346. The maximum atomic E-state index is 2.47. The van der Waals surface area contributed by atoms with E-state index in [1.807, 2.05) is 0 Å². The standard InChI is InChI=1S/C15H26Si2/c1-17(2)12-13-8-6-7-11-15(13)16-14-9-4-3-5-10-14/h6-8,11,14,17H,3-5,9-10,12,16H2,1-2H3. The van der Waals surface area contributed by atoms with Gasteiger partial charge in [-0.2, -0.15) is 0 Å². The molecule has 1 aromatic carbocycles. The van der Waals surface area contributed by atoms with Crippen LogP contribution in [0.2, 0.25) is 18.6 Å². The van der Waals surface area contributed by atoms with Gasteiger partial charge in [-0.3, -0.25) is 0 Å². The van der Waals surface area contributed by atoms with Crippen LogP contribution in [0.1, 0.15) is 37.7 Å². The van der Waals surface area contributed by atoms with E-state index in [0.717, 1.165) is 5.54 Å². The normalized spacial score (nSPS) is 18.3. The van der Waals surface area contributed by atoms with Gasteiger partial charge in [-0.15, -0.1) is 0 Å². The van der Waals surface area contributed by atoms with Gasteiger partial charge >= 0.3 is 0 Å². The summed E-state index contributed by atoms with van der Waals surface area (Å²) in [5, 5.41) is 1.79. The van der Waals surface area contributed by atoms with Crippen molar-refractivity contribution < 1.29 is 0 Å². The zero-order valence-electron chi connectivity index (χ0n) is 11.4. The fourth-order valence-electron chi connectivity index (χ4n) is 3.10. The van der Waals surface area contributed by atoms with Gasteiger partial charge in [0.2, 0.25) is 0 Å². The van der Waals surface area contributed by atoms with E-state index >= 15 is 0 Å². The van der Waals surface area contributed by atoms with Crippen molar-refractivity contribution in [2.75, 3.05) is 0 Å². The molecular formula is C15H26Si2. The van der Waals surface area contributed by atoms with Crippen LogP contribution in [0.25, 0.3) is 0 Å². The van der Waals surface area contributed by atoms with Gasteiger partial charge in [0.05, 0.1) is 9.52 Å². The lowest BCUT2D eigenvalue weighted by molar-refractivity contribution is 0.502. The maximum absolute atomic E-state index is 2.47. The molecule has 0 radical (unpaired) electrons. The monoisotopic (exact) mass is 262 g/mol. The predicted octanol–water partition coefficient (Wildman–Crippen LogP) is 2.80. The summed E-state index contributed by atoms with van der Waals surface area (Å²) in [6.45, 7) is 4.94. The van der Waals surface area contributed by atoms with Crippen LogP contribution in [-0.2, 0) is 6.04 Å². The quantitative estimate of drug-likeness (QED) is 0.732. The van der Waals surface area contributed by atoms with Gasteiger partial charge in [0, 0.05) is 8.80 Å². The Morgan fingerprint density at radius 3 is 2.53 bits per heavy atom. The fraction of sp³-hybridized carbons (Fsp3) is 0.600. The molecule has 0 bridgehead atoms. The van der Waals surface area contributed by atoms with Crippen molar-refractivity contribution in [3.8, 4) is 0 Å². The summed E-state index contributed by atoms with van der Waals surface area (Å²) in [5.41, 5.74) is 2.82. The predicted molar refractivity (Wildman–Crippen MR) is 84.0 cm³/mol. The third-order valence-electron chi connectivity index (χ3n) is 3.98. The highest BCUT2D eigenvalue weighted by molar-refractivity contribution is 6.58. The molecule has 1 aromatic rings. The summed E-state index contributed by atoms with van der Waals surface area (Å²) in [4.78, 5) is 0. The Morgan fingerprint density at radius 1 is 1.12 bits per heavy atom. The largest absolute Gasteiger partial charge is 0.0719 e. The Balaban J connectivity index is 2.03. The smallest absolute Gasteiger partial charge is 0.0581 e. The van der Waals surface area contributed by atoms with Crippen LogP contribution in [0, 0.1) is 0 Å². The van der Waals surface area contributed by atoms with E-state index in [1.54, 1.807) is 10.8 Å². The van der Waals surface area contributed by atoms with Gasteiger partial charge < -0.3 is 0 Å². The van der Waals surface area contributed by atoms with Gasteiger partial charge in [0.1, 0.15) is 0 Å². The molecule has 0 nitrogen and oxygen atoms in total. The molecule has 0 unspecified atom stereocenters. The van der Waals surface area contributed by atoms with Crippen molar-refractivity contribution in [1.29, 1.82) is 0 Å². The number of hydrogen-bond acceptors (Lipinski definition) is 0. The van der Waals surface area contributed by atoms with E-state index in [4.69, 9.17) is 0 Å². The minimum absolute atomic E-state index is 0.00685. The molecule has 0 spiro atoms. The number of hydrogen-bond donors (Lipinski definition) is 0. The zero-order valence-corrected chi connectivity index (χ0v) is 14.0. The van der Waals surface area contributed by atoms with E-state index in [9.17, 15) is 0 Å². The SMILES string of the molecule is C[SiH](C)Cc1ccccc1[SiH2]C1CCCCC1. The van der Waals surface area contributed by atoms with E-state index in [2.05, 4.69) is 37.4 Å². The van der Waals surface area contributed by atoms with E-state index in [-0.39, 0.29) is 9.52 Å². The van der Waals surface area contributed by atoms with Crippen LogP contribution < -0.4 is 5.19 Å².